The van der Waals surface area contributed by atoms with E-state index in [9.17, 15) is 14.4 Å². The van der Waals surface area contributed by atoms with E-state index in [1.807, 2.05) is 0 Å². The number of carbonyl (C=O) groups is 3. The molecule has 0 spiro atoms. The smallest absolute Gasteiger partial charge is 0.306 e. The maximum absolute atomic E-state index is 12.7. The van der Waals surface area contributed by atoms with Crippen molar-refractivity contribution in [2.45, 2.75) is 322 Å². The van der Waals surface area contributed by atoms with Crippen LogP contribution in [0.2, 0.25) is 0 Å². The first-order valence-corrected chi connectivity index (χ1v) is 27.5. The number of unbranched alkanes of at least 4 members (excludes halogenated alkanes) is 40. The molecular weight excluding hydrogens is 757 g/mol. The summed E-state index contributed by atoms with van der Waals surface area (Å²) < 4.78 is 16.7. The minimum absolute atomic E-state index is 0.0627. The van der Waals surface area contributed by atoms with Crippen molar-refractivity contribution in [1.82, 2.24) is 0 Å². The largest absolute Gasteiger partial charge is 0.462 e. The molecule has 362 valence electrons. The molecule has 0 aromatic rings. The fourth-order valence-corrected chi connectivity index (χ4v) is 8.45. The highest BCUT2D eigenvalue weighted by Gasteiger charge is 2.19. The predicted molar refractivity (Wildman–Crippen MR) is 261 cm³/mol. The molecule has 0 N–H and O–H groups in total. The molecule has 0 aliphatic rings. The van der Waals surface area contributed by atoms with Gasteiger partial charge in [-0.05, 0) is 19.3 Å². The molecule has 0 aliphatic heterocycles. The summed E-state index contributed by atoms with van der Waals surface area (Å²) in [6.07, 6.45) is 55.6. The average molecular weight is 863 g/mol. The Morgan fingerprint density at radius 3 is 0.656 bits per heavy atom. The van der Waals surface area contributed by atoms with Crippen LogP contribution in [0.3, 0.4) is 0 Å². The molecule has 0 heterocycles. The van der Waals surface area contributed by atoms with Crippen LogP contribution in [0.15, 0.2) is 0 Å². The summed E-state index contributed by atoms with van der Waals surface area (Å²) in [6.45, 7) is 6.62. The van der Waals surface area contributed by atoms with Gasteiger partial charge < -0.3 is 14.2 Å². The Labute approximate surface area is 380 Å². The van der Waals surface area contributed by atoms with Gasteiger partial charge in [-0.1, -0.05) is 278 Å². The summed E-state index contributed by atoms with van der Waals surface area (Å²) in [5.74, 6) is -0.853. The Bertz CT molecular complexity index is 905. The van der Waals surface area contributed by atoms with Crippen LogP contribution in [-0.4, -0.2) is 37.2 Å². The van der Waals surface area contributed by atoms with E-state index < -0.39 is 6.10 Å². The molecule has 0 radical (unpaired) electrons. The molecule has 0 aromatic heterocycles. The summed E-state index contributed by atoms with van der Waals surface area (Å²) in [6, 6.07) is 0. The molecule has 6 heteroatoms. The van der Waals surface area contributed by atoms with Gasteiger partial charge in [-0.25, -0.2) is 0 Å². The van der Waals surface area contributed by atoms with E-state index in [1.54, 1.807) is 0 Å². The van der Waals surface area contributed by atoms with Crippen molar-refractivity contribution in [3.8, 4) is 0 Å². The van der Waals surface area contributed by atoms with Gasteiger partial charge in [-0.3, -0.25) is 14.4 Å². The third kappa shape index (κ3) is 49.3. The van der Waals surface area contributed by atoms with E-state index in [2.05, 4.69) is 20.8 Å². The summed E-state index contributed by atoms with van der Waals surface area (Å²) in [5.41, 5.74) is 0. The van der Waals surface area contributed by atoms with Crippen molar-refractivity contribution in [1.29, 1.82) is 0 Å². The second-order valence-electron chi connectivity index (χ2n) is 18.9. The quantitative estimate of drug-likeness (QED) is 0.0344. The molecular formula is C55H106O6. The number of carbonyl (C=O) groups excluding carboxylic acids is 3. The first-order valence-electron chi connectivity index (χ1n) is 27.5. The van der Waals surface area contributed by atoms with Crippen molar-refractivity contribution >= 4 is 17.9 Å². The molecule has 1 atom stereocenters. The van der Waals surface area contributed by atoms with Crippen molar-refractivity contribution in [2.24, 2.45) is 0 Å². The van der Waals surface area contributed by atoms with Gasteiger partial charge in [-0.2, -0.15) is 0 Å². The predicted octanol–water partition coefficient (Wildman–Crippen LogP) is 18.0. The van der Waals surface area contributed by atoms with E-state index >= 15 is 0 Å². The zero-order chi connectivity index (χ0) is 44.4. The topological polar surface area (TPSA) is 78.9 Å². The molecule has 6 nitrogen and oxygen atoms in total. The summed E-state index contributed by atoms with van der Waals surface area (Å²) in [4.78, 5) is 37.7. The van der Waals surface area contributed by atoms with E-state index in [-0.39, 0.29) is 31.1 Å². The fourth-order valence-electron chi connectivity index (χ4n) is 8.45. The van der Waals surface area contributed by atoms with Crippen LogP contribution in [0.1, 0.15) is 316 Å². The van der Waals surface area contributed by atoms with E-state index in [4.69, 9.17) is 14.2 Å². The van der Waals surface area contributed by atoms with Crippen molar-refractivity contribution in [3.05, 3.63) is 0 Å². The summed E-state index contributed by atoms with van der Waals surface area (Å²) in [7, 11) is 0. The molecule has 1 unspecified atom stereocenters. The molecule has 0 bridgehead atoms. The Morgan fingerprint density at radius 2 is 0.443 bits per heavy atom. The van der Waals surface area contributed by atoms with Crippen LogP contribution in [-0.2, 0) is 28.6 Å². The van der Waals surface area contributed by atoms with Crippen molar-refractivity contribution in [2.75, 3.05) is 13.2 Å². The minimum atomic E-state index is -0.758. The lowest BCUT2D eigenvalue weighted by molar-refractivity contribution is -0.167. The first kappa shape index (κ1) is 59.4. The van der Waals surface area contributed by atoms with E-state index in [1.165, 1.54) is 218 Å². The van der Waals surface area contributed by atoms with Crippen LogP contribution in [0.25, 0.3) is 0 Å². The molecule has 0 saturated heterocycles. The van der Waals surface area contributed by atoms with E-state index in [0.29, 0.717) is 19.3 Å². The maximum Gasteiger partial charge on any atom is 0.306 e. The average Bonchev–Trinajstić information content (AvgIpc) is 3.26. The fraction of sp³-hybridized carbons (Fsp3) is 0.945. The Kier molecular flexibility index (Phi) is 49.7. The highest BCUT2D eigenvalue weighted by Crippen LogP contribution is 2.17. The number of hydrogen-bond acceptors (Lipinski definition) is 6. The molecule has 0 fully saturated rings. The Morgan fingerprint density at radius 1 is 0.262 bits per heavy atom. The molecule has 0 amide bonds. The number of esters is 3. The highest BCUT2D eigenvalue weighted by atomic mass is 16.6. The number of hydrogen-bond donors (Lipinski definition) is 0. The lowest BCUT2D eigenvalue weighted by Crippen LogP contribution is -2.30. The zero-order valence-electron chi connectivity index (χ0n) is 41.5. The van der Waals surface area contributed by atoms with Crippen LogP contribution in [0.4, 0.5) is 0 Å². The molecule has 0 rings (SSSR count). The SMILES string of the molecule is CCCCCCCCCCCCCCCCCCCCCCCCCCCC(=O)OCC(COC(=O)CCCCCCCC)OC(=O)CCCCCCCCCCCCCC. The zero-order valence-corrected chi connectivity index (χ0v) is 41.5. The normalized spacial score (nSPS) is 11.9. The minimum Gasteiger partial charge on any atom is -0.462 e. The van der Waals surface area contributed by atoms with Gasteiger partial charge in [0.1, 0.15) is 13.2 Å². The second kappa shape index (κ2) is 51.0. The monoisotopic (exact) mass is 863 g/mol. The Balaban J connectivity index is 3.99. The summed E-state index contributed by atoms with van der Waals surface area (Å²) in [5, 5.41) is 0. The van der Waals surface area contributed by atoms with Gasteiger partial charge in [0.25, 0.3) is 0 Å². The third-order valence-corrected chi connectivity index (χ3v) is 12.6. The standard InChI is InChI=1S/C55H106O6/c1-4-7-10-13-16-18-20-22-23-24-25-26-27-28-29-30-31-32-33-34-36-37-39-42-45-48-54(57)60-51-52(50-59-53(56)47-44-41-15-12-9-6-3)61-55(58)49-46-43-40-38-35-21-19-17-14-11-8-5-2/h52H,4-51H2,1-3H3. The van der Waals surface area contributed by atoms with Gasteiger partial charge in [0.15, 0.2) is 6.10 Å². The van der Waals surface area contributed by atoms with E-state index in [0.717, 1.165) is 57.8 Å². The first-order chi connectivity index (χ1) is 30.0. The number of rotatable bonds is 51. The third-order valence-electron chi connectivity index (χ3n) is 12.6. The lowest BCUT2D eigenvalue weighted by atomic mass is 10.0. The van der Waals surface area contributed by atoms with Crippen LogP contribution in [0.5, 0.6) is 0 Å². The lowest BCUT2D eigenvalue weighted by Gasteiger charge is -2.18. The molecule has 0 aliphatic carbocycles. The Hall–Kier alpha value is -1.59. The van der Waals surface area contributed by atoms with Crippen molar-refractivity contribution < 1.29 is 28.6 Å². The van der Waals surface area contributed by atoms with Gasteiger partial charge >= 0.3 is 17.9 Å². The van der Waals surface area contributed by atoms with Gasteiger partial charge in [0.2, 0.25) is 0 Å². The number of ether oxygens (including phenoxy) is 3. The summed E-state index contributed by atoms with van der Waals surface area (Å²) >= 11 is 0. The van der Waals surface area contributed by atoms with Gasteiger partial charge in [-0.15, -0.1) is 0 Å². The van der Waals surface area contributed by atoms with Crippen LogP contribution in [0, 0.1) is 0 Å². The van der Waals surface area contributed by atoms with Crippen molar-refractivity contribution in [3.63, 3.8) is 0 Å². The maximum atomic E-state index is 12.7. The highest BCUT2D eigenvalue weighted by molar-refractivity contribution is 5.71. The van der Waals surface area contributed by atoms with Gasteiger partial charge in [0, 0.05) is 19.3 Å². The molecule has 61 heavy (non-hydrogen) atoms. The molecule has 0 saturated carbocycles. The second-order valence-corrected chi connectivity index (χ2v) is 18.9. The molecule has 0 aromatic carbocycles. The van der Waals surface area contributed by atoms with Gasteiger partial charge in [0.05, 0.1) is 0 Å². The van der Waals surface area contributed by atoms with Crippen LogP contribution < -0.4 is 0 Å². The van der Waals surface area contributed by atoms with Crippen LogP contribution >= 0.6 is 0 Å².